The van der Waals surface area contributed by atoms with Crippen molar-refractivity contribution in [2.24, 2.45) is 11.8 Å². The number of piperidine rings is 3. The van der Waals surface area contributed by atoms with Crippen molar-refractivity contribution >= 4 is 21.7 Å². The molecule has 0 aromatic heterocycles. The molecule has 5 aliphatic heterocycles. The van der Waals surface area contributed by atoms with Gasteiger partial charge < -0.3 is 14.6 Å². The van der Waals surface area contributed by atoms with E-state index in [1.54, 1.807) is 0 Å². The Bertz CT molecular complexity index is 928. The highest BCUT2D eigenvalue weighted by Crippen LogP contribution is 2.45. The molecular formula is C19H22N2O5S. The molecule has 2 bridgehead atoms. The Labute approximate surface area is 158 Å². The van der Waals surface area contributed by atoms with Crippen LogP contribution in [0.25, 0.3) is 5.57 Å². The van der Waals surface area contributed by atoms with Crippen LogP contribution in [0, 0.1) is 11.8 Å². The fourth-order valence-electron chi connectivity index (χ4n) is 4.93. The van der Waals surface area contributed by atoms with Crippen LogP contribution in [0.4, 0.5) is 5.69 Å². The van der Waals surface area contributed by atoms with E-state index in [4.69, 9.17) is 8.37 Å². The minimum absolute atomic E-state index is 0.0823. The number of hydrogen-bond acceptors (Lipinski definition) is 7. The summed E-state index contributed by atoms with van der Waals surface area (Å²) in [5, 5.41) is 14.4. The summed E-state index contributed by atoms with van der Waals surface area (Å²) in [6.45, 7) is 5.74. The van der Waals surface area contributed by atoms with Gasteiger partial charge in [0, 0.05) is 29.4 Å². The Kier molecular flexibility index (Phi) is 3.87. The van der Waals surface area contributed by atoms with Gasteiger partial charge in [0.15, 0.2) is 5.76 Å². The normalized spacial score (nSPS) is 37.0. The molecule has 2 unspecified atom stereocenters. The van der Waals surface area contributed by atoms with Crippen LogP contribution in [-0.4, -0.2) is 49.9 Å². The molecule has 0 aliphatic carbocycles. The van der Waals surface area contributed by atoms with Crippen LogP contribution in [0.2, 0.25) is 0 Å². The zero-order chi connectivity index (χ0) is 18.8. The predicted octanol–water partition coefficient (Wildman–Crippen LogP) is 1.70. The van der Waals surface area contributed by atoms with E-state index in [1.165, 1.54) is 0 Å². The van der Waals surface area contributed by atoms with Gasteiger partial charge in [-0.15, -0.1) is 6.58 Å². The third-order valence-corrected chi connectivity index (χ3v) is 7.04. The minimum atomic E-state index is -4.13. The number of aliphatic hydroxyl groups is 1. The molecule has 5 heterocycles. The fourth-order valence-corrected chi connectivity index (χ4v) is 5.74. The van der Waals surface area contributed by atoms with Crippen LogP contribution in [-0.2, 0) is 18.8 Å². The lowest BCUT2D eigenvalue weighted by atomic mass is 9.73. The quantitative estimate of drug-likeness (QED) is 0.760. The van der Waals surface area contributed by atoms with Gasteiger partial charge in [-0.05, 0) is 37.3 Å². The lowest BCUT2D eigenvalue weighted by molar-refractivity contribution is -0.0260. The zero-order valence-electron chi connectivity index (χ0n) is 14.7. The molecule has 4 fully saturated rings. The van der Waals surface area contributed by atoms with Crippen LogP contribution < -0.4 is 5.32 Å². The first-order valence-electron chi connectivity index (χ1n) is 9.24. The van der Waals surface area contributed by atoms with Crippen LogP contribution in [0.3, 0.4) is 0 Å². The van der Waals surface area contributed by atoms with Crippen molar-refractivity contribution in [2.45, 2.75) is 31.2 Å². The van der Waals surface area contributed by atoms with Gasteiger partial charge in [0.1, 0.15) is 0 Å². The van der Waals surface area contributed by atoms with Crippen molar-refractivity contribution in [3.8, 4) is 0 Å². The predicted molar refractivity (Wildman–Crippen MR) is 99.6 cm³/mol. The highest BCUT2D eigenvalue weighted by Gasteiger charge is 2.48. The summed E-state index contributed by atoms with van der Waals surface area (Å²) in [5.41, 5.74) is 1.98. The Morgan fingerprint density at radius 2 is 2.19 bits per heavy atom. The molecule has 6 atom stereocenters. The van der Waals surface area contributed by atoms with Gasteiger partial charge >= 0.3 is 10.4 Å². The van der Waals surface area contributed by atoms with Gasteiger partial charge in [-0.3, -0.25) is 4.90 Å². The molecule has 4 saturated heterocycles. The average Bonchev–Trinajstić information content (AvgIpc) is 2.98. The minimum Gasteiger partial charge on any atom is -0.387 e. The number of rotatable bonds is 3. The molecule has 0 spiro atoms. The molecule has 7 nitrogen and oxygen atoms in total. The highest BCUT2D eigenvalue weighted by molar-refractivity contribution is 7.82. The van der Waals surface area contributed by atoms with E-state index < -0.39 is 22.7 Å². The first kappa shape index (κ1) is 17.2. The third kappa shape index (κ3) is 2.70. The number of para-hydroxylation sites is 1. The second kappa shape index (κ2) is 6.07. The lowest BCUT2D eigenvalue weighted by Crippen LogP contribution is -2.57. The van der Waals surface area contributed by atoms with E-state index in [0.717, 1.165) is 37.2 Å². The summed E-state index contributed by atoms with van der Waals surface area (Å²) in [4.78, 5) is 2.29. The molecule has 0 saturated carbocycles. The number of hydrogen-bond donors (Lipinski definition) is 2. The van der Waals surface area contributed by atoms with Gasteiger partial charge in [-0.25, -0.2) is 4.18 Å². The van der Waals surface area contributed by atoms with Crippen molar-refractivity contribution in [1.82, 2.24) is 4.90 Å². The van der Waals surface area contributed by atoms with Crippen molar-refractivity contribution in [3.63, 3.8) is 0 Å². The number of nitrogens with one attached hydrogen (secondary N) is 1. The molecule has 0 radical (unpaired) electrons. The molecule has 5 aliphatic rings. The van der Waals surface area contributed by atoms with Gasteiger partial charge in [0.2, 0.25) is 6.23 Å². The largest absolute Gasteiger partial charge is 0.451 e. The summed E-state index contributed by atoms with van der Waals surface area (Å²) in [6, 6.07) is 7.34. The average molecular weight is 390 g/mol. The van der Waals surface area contributed by atoms with E-state index in [1.807, 2.05) is 30.3 Å². The van der Waals surface area contributed by atoms with Crippen molar-refractivity contribution in [1.29, 1.82) is 0 Å². The van der Waals surface area contributed by atoms with E-state index in [2.05, 4.69) is 16.8 Å². The summed E-state index contributed by atoms with van der Waals surface area (Å²) >= 11 is 0. The number of fused-ring (bicyclic) bond motifs is 5. The van der Waals surface area contributed by atoms with Crippen LogP contribution in [0.1, 0.15) is 18.4 Å². The molecule has 144 valence electrons. The summed E-state index contributed by atoms with van der Waals surface area (Å²) in [7, 11) is -4.13. The summed E-state index contributed by atoms with van der Waals surface area (Å²) in [6.07, 6.45) is 2.16. The first-order valence-corrected chi connectivity index (χ1v) is 10.6. The Hall–Kier alpha value is -1.87. The number of aliphatic hydroxyl groups excluding tert-OH is 1. The second-order valence-corrected chi connectivity index (χ2v) is 8.80. The maximum atomic E-state index is 11.9. The SMILES string of the molecule is C=C[C@@H]1CN2CC[C@H]1C[C@H]2[C@H](O)C1=C2OS(=O)(=O)OC2Nc2ccccc21. The molecule has 0 amide bonds. The fraction of sp³-hybridized carbons (Fsp3) is 0.474. The first-order chi connectivity index (χ1) is 13.0. The number of anilines is 1. The topological polar surface area (TPSA) is 88.1 Å². The lowest BCUT2D eigenvalue weighted by Gasteiger charge is -2.51. The van der Waals surface area contributed by atoms with Crippen LogP contribution in [0.5, 0.6) is 0 Å². The van der Waals surface area contributed by atoms with Gasteiger partial charge in [0.25, 0.3) is 0 Å². The van der Waals surface area contributed by atoms with Gasteiger partial charge in [-0.2, -0.15) is 8.42 Å². The van der Waals surface area contributed by atoms with Gasteiger partial charge in [-0.1, -0.05) is 24.3 Å². The molecule has 8 heteroatoms. The molecule has 6 rings (SSSR count). The van der Waals surface area contributed by atoms with Crippen LogP contribution in [0.15, 0.2) is 42.7 Å². The van der Waals surface area contributed by atoms with E-state index in [-0.39, 0.29) is 11.8 Å². The Balaban J connectivity index is 1.56. The maximum absolute atomic E-state index is 11.9. The van der Waals surface area contributed by atoms with E-state index in [0.29, 0.717) is 17.4 Å². The monoisotopic (exact) mass is 390 g/mol. The summed E-state index contributed by atoms with van der Waals surface area (Å²) < 4.78 is 33.9. The second-order valence-electron chi connectivity index (χ2n) is 7.63. The highest BCUT2D eigenvalue weighted by atomic mass is 32.3. The Morgan fingerprint density at radius 3 is 2.93 bits per heavy atom. The molecule has 27 heavy (non-hydrogen) atoms. The Morgan fingerprint density at radius 1 is 1.37 bits per heavy atom. The molecule has 1 aromatic rings. The van der Waals surface area contributed by atoms with Gasteiger partial charge in [0.05, 0.1) is 6.10 Å². The number of benzene rings is 1. The smallest absolute Gasteiger partial charge is 0.387 e. The van der Waals surface area contributed by atoms with Crippen molar-refractivity contribution < 1.29 is 21.9 Å². The van der Waals surface area contributed by atoms with E-state index >= 15 is 0 Å². The summed E-state index contributed by atoms with van der Waals surface area (Å²) in [5.74, 6) is 1.08. The molecule has 2 N–H and O–H groups in total. The number of nitrogens with zero attached hydrogens (tertiary/aromatic N) is 1. The third-order valence-electron chi connectivity index (χ3n) is 6.23. The standard InChI is InChI=1S/C19H22N2O5S/c1-2-11-10-21-8-7-12(11)9-15(21)17(22)16-13-5-3-4-6-14(13)20-19-18(16)25-27(23,24)26-19/h2-6,11-12,15,17,19-20,22H,1,7-10H2/t11-,12+,15+,17+,19?/m1/s1. The van der Waals surface area contributed by atoms with Crippen LogP contribution >= 0.6 is 0 Å². The molecule has 1 aromatic carbocycles. The zero-order valence-corrected chi connectivity index (χ0v) is 15.6. The van der Waals surface area contributed by atoms with Crippen molar-refractivity contribution in [3.05, 3.63) is 48.2 Å². The van der Waals surface area contributed by atoms with Crippen molar-refractivity contribution in [2.75, 3.05) is 18.4 Å². The maximum Gasteiger partial charge on any atom is 0.451 e. The van der Waals surface area contributed by atoms with E-state index in [9.17, 15) is 13.5 Å². The molecular weight excluding hydrogens is 368 g/mol.